The number of carbonyl (C=O) groups is 6. The fourth-order valence-electron chi connectivity index (χ4n) is 7.99. The van der Waals surface area contributed by atoms with Crippen LogP contribution in [0.25, 0.3) is 0 Å². The second-order valence-corrected chi connectivity index (χ2v) is 18.2. The van der Waals surface area contributed by atoms with E-state index >= 15 is 0 Å². The summed E-state index contributed by atoms with van der Waals surface area (Å²) in [5.74, 6) is -0.0739. The third kappa shape index (κ3) is 14.9. The highest BCUT2D eigenvalue weighted by Gasteiger charge is 2.29. The summed E-state index contributed by atoms with van der Waals surface area (Å²) in [7, 11) is 2.99. The van der Waals surface area contributed by atoms with Crippen LogP contribution in [0.3, 0.4) is 0 Å². The van der Waals surface area contributed by atoms with Gasteiger partial charge in [0.1, 0.15) is 35.2 Å². The number of carboxylic acid groups (broad SMARTS) is 2. The zero-order valence-corrected chi connectivity index (χ0v) is 42.5. The van der Waals surface area contributed by atoms with Crippen molar-refractivity contribution in [2.24, 2.45) is 0 Å². The van der Waals surface area contributed by atoms with Crippen LogP contribution >= 0.6 is 27.5 Å². The van der Waals surface area contributed by atoms with Crippen LogP contribution in [0.4, 0.5) is 32.3 Å². The van der Waals surface area contributed by atoms with Crippen LogP contribution in [-0.2, 0) is 22.4 Å². The van der Waals surface area contributed by atoms with Gasteiger partial charge in [0.25, 0.3) is 0 Å². The molecule has 2 heterocycles. The number of aromatic carboxylic acids is 2. The van der Waals surface area contributed by atoms with Crippen molar-refractivity contribution in [1.29, 1.82) is 0 Å². The van der Waals surface area contributed by atoms with Gasteiger partial charge >= 0.3 is 24.0 Å². The molecule has 0 unspecified atom stereocenters. The Balaban J connectivity index is 0.000000216. The summed E-state index contributed by atoms with van der Waals surface area (Å²) in [5, 5.41) is 29.4. The highest BCUT2D eigenvalue weighted by Crippen LogP contribution is 2.30. The van der Waals surface area contributed by atoms with Crippen molar-refractivity contribution in [3.63, 3.8) is 0 Å². The van der Waals surface area contributed by atoms with Gasteiger partial charge in [-0.3, -0.25) is 9.59 Å². The number of para-hydroxylation sites is 2. The van der Waals surface area contributed by atoms with Crippen LogP contribution in [0.5, 0.6) is 23.0 Å². The van der Waals surface area contributed by atoms with Crippen molar-refractivity contribution >= 4 is 86.1 Å². The summed E-state index contributed by atoms with van der Waals surface area (Å²) in [6.45, 7) is 2.03. The number of anilines is 4. The Hall–Kier alpha value is -8.29. The first-order chi connectivity index (χ1) is 35.6. The van der Waals surface area contributed by atoms with Gasteiger partial charge in [0.15, 0.2) is 0 Å². The number of halogens is 2. The summed E-state index contributed by atoms with van der Waals surface area (Å²) in [4.78, 5) is 76.2. The topological polar surface area (TPSA) is 234 Å². The van der Waals surface area contributed by atoms with Crippen LogP contribution in [0, 0.1) is 0 Å². The molecule has 2 fully saturated rings. The number of carbonyl (C=O) groups excluding carboxylic acids is 4. The summed E-state index contributed by atoms with van der Waals surface area (Å²) in [6, 6.07) is 36.1. The second-order valence-electron chi connectivity index (χ2n) is 16.9. The number of nitrogens with one attached hydrogen (secondary N) is 4. The van der Waals surface area contributed by atoms with Gasteiger partial charge in [0, 0.05) is 30.4 Å². The predicted molar refractivity (Wildman–Crippen MR) is 282 cm³/mol. The molecule has 2 atom stereocenters. The van der Waals surface area contributed by atoms with Crippen LogP contribution < -0.4 is 40.2 Å². The summed E-state index contributed by atoms with van der Waals surface area (Å²) < 4.78 is 23.5. The quantitative estimate of drug-likeness (QED) is 0.0531. The molecular weight excluding hydrogens is 1040 g/mol. The van der Waals surface area contributed by atoms with E-state index in [1.165, 1.54) is 38.5 Å². The number of urea groups is 2. The van der Waals surface area contributed by atoms with Gasteiger partial charge in [-0.2, -0.15) is 0 Å². The molecule has 0 spiro atoms. The van der Waals surface area contributed by atoms with E-state index in [1.807, 2.05) is 18.2 Å². The van der Waals surface area contributed by atoms with E-state index in [-0.39, 0.29) is 48.0 Å². The minimum atomic E-state index is -0.995. The summed E-state index contributed by atoms with van der Waals surface area (Å²) >= 11 is 9.48. The maximum atomic E-state index is 12.9. The van der Waals surface area contributed by atoms with Crippen molar-refractivity contribution in [3.8, 4) is 23.0 Å². The molecule has 2 saturated heterocycles. The summed E-state index contributed by atoms with van der Waals surface area (Å²) in [6.07, 6.45) is 1.38. The van der Waals surface area contributed by atoms with Gasteiger partial charge in [0.05, 0.1) is 79.0 Å². The van der Waals surface area contributed by atoms with Gasteiger partial charge in [0.2, 0.25) is 11.8 Å². The van der Waals surface area contributed by atoms with Crippen molar-refractivity contribution in [1.82, 2.24) is 9.80 Å². The van der Waals surface area contributed by atoms with Crippen molar-refractivity contribution in [3.05, 3.63) is 165 Å². The maximum absolute atomic E-state index is 12.9. The van der Waals surface area contributed by atoms with Crippen LogP contribution in [-0.4, -0.2) is 108 Å². The van der Waals surface area contributed by atoms with Gasteiger partial charge < -0.3 is 60.2 Å². The molecule has 8 rings (SSSR count). The van der Waals surface area contributed by atoms with Crippen molar-refractivity contribution in [2.75, 3.05) is 61.7 Å². The molecular formula is C54H52BrClN6O12. The molecule has 0 saturated carbocycles. The van der Waals surface area contributed by atoms with Gasteiger partial charge in [-0.05, 0) is 124 Å². The largest absolute Gasteiger partial charge is 0.495 e. The molecule has 6 amide bonds. The Morgan fingerprint density at radius 1 is 0.554 bits per heavy atom. The average Bonchev–Trinajstić information content (AvgIpc) is 4.07. The first kappa shape index (κ1) is 53.5. The fourth-order valence-corrected chi connectivity index (χ4v) is 8.55. The Bertz CT molecular complexity index is 2800. The molecule has 2 aliphatic rings. The smallest absolute Gasteiger partial charge is 0.335 e. The maximum Gasteiger partial charge on any atom is 0.335 e. The molecule has 18 nitrogen and oxygen atoms in total. The number of hydrogen-bond acceptors (Lipinski definition) is 10. The molecule has 0 bridgehead atoms. The van der Waals surface area contributed by atoms with E-state index in [0.717, 1.165) is 15.6 Å². The normalized spacial score (nSPS) is 14.6. The third-order valence-electron chi connectivity index (χ3n) is 11.8. The number of ether oxygens (including phenoxy) is 4. The highest BCUT2D eigenvalue weighted by molar-refractivity contribution is 9.10. The molecule has 6 aromatic carbocycles. The molecule has 0 radical (unpaired) electrons. The number of hydrogen-bond donors (Lipinski definition) is 6. The standard InChI is InChI=1S/C27H26BrN3O6.C27H26ClN3O6/c2*1-36-24-14-17(6-11-23(24)30-27(35)29-22-5-3-2-4-21(22)28)15-25(32)31-13-12-20(16-31)37-19-9-7-18(8-10-19)26(33)34/h2*2-11,14,20H,12-13,15-16H2,1H3,(H,33,34)(H2,29,30,35)/t2*20-/m11/s1. The highest BCUT2D eigenvalue weighted by atomic mass is 79.9. The predicted octanol–water partition coefficient (Wildman–Crippen LogP) is 9.94. The minimum absolute atomic E-state index is 0.0400. The number of likely N-dealkylation sites (tertiary alicyclic amines) is 2. The Morgan fingerprint density at radius 3 is 1.38 bits per heavy atom. The first-order valence-electron chi connectivity index (χ1n) is 23.2. The lowest BCUT2D eigenvalue weighted by atomic mass is 10.1. The molecule has 384 valence electrons. The van der Waals surface area contributed by atoms with E-state index in [9.17, 15) is 28.8 Å². The van der Waals surface area contributed by atoms with E-state index in [0.29, 0.717) is 89.8 Å². The van der Waals surface area contributed by atoms with Gasteiger partial charge in [-0.1, -0.05) is 48.0 Å². The first-order valence-corrected chi connectivity index (χ1v) is 24.4. The van der Waals surface area contributed by atoms with Crippen molar-refractivity contribution < 1.29 is 57.9 Å². The Kier molecular flexibility index (Phi) is 18.4. The number of methoxy groups -OCH3 is 2. The molecule has 0 aromatic heterocycles. The number of nitrogens with zero attached hydrogens (tertiary/aromatic N) is 2. The van der Waals surface area contributed by atoms with Gasteiger partial charge in [-0.15, -0.1) is 0 Å². The minimum Gasteiger partial charge on any atom is -0.495 e. The average molecular weight is 1090 g/mol. The number of carboxylic acids is 2. The molecule has 6 N–H and O–H groups in total. The number of rotatable bonds is 16. The SMILES string of the molecule is COc1cc(CC(=O)N2CC[C@@H](Oc3ccc(C(=O)O)cc3)C2)ccc1NC(=O)Nc1ccccc1Br.COc1cc(CC(=O)N2CC[C@@H](Oc3ccc(C(=O)O)cc3)C2)ccc1NC(=O)Nc1ccccc1Cl. The Morgan fingerprint density at radius 2 is 0.959 bits per heavy atom. The van der Waals surface area contributed by atoms with Crippen LogP contribution in [0.1, 0.15) is 44.7 Å². The molecule has 6 aromatic rings. The lowest BCUT2D eigenvalue weighted by Crippen LogP contribution is -2.32. The molecule has 2 aliphatic heterocycles. The van der Waals surface area contributed by atoms with E-state index < -0.39 is 24.0 Å². The fraction of sp³-hybridized carbons (Fsp3) is 0.222. The second kappa shape index (κ2) is 25.4. The lowest BCUT2D eigenvalue weighted by Gasteiger charge is -2.18. The monoisotopic (exact) mass is 1090 g/mol. The number of benzene rings is 6. The molecule has 20 heteroatoms. The molecule has 0 aliphatic carbocycles. The Labute approximate surface area is 439 Å². The van der Waals surface area contributed by atoms with E-state index in [1.54, 1.807) is 101 Å². The van der Waals surface area contributed by atoms with Gasteiger partial charge in [-0.25, -0.2) is 19.2 Å². The van der Waals surface area contributed by atoms with E-state index in [4.69, 9.17) is 40.8 Å². The van der Waals surface area contributed by atoms with E-state index in [2.05, 4.69) is 37.2 Å². The van der Waals surface area contributed by atoms with Crippen molar-refractivity contribution in [2.45, 2.75) is 37.9 Å². The lowest BCUT2D eigenvalue weighted by molar-refractivity contribution is -0.130. The summed E-state index contributed by atoms with van der Waals surface area (Å²) in [5.41, 5.74) is 3.92. The number of amides is 6. The van der Waals surface area contributed by atoms with Crippen LogP contribution in [0.2, 0.25) is 5.02 Å². The molecule has 74 heavy (non-hydrogen) atoms. The zero-order valence-electron chi connectivity index (χ0n) is 40.1. The van der Waals surface area contributed by atoms with Crippen LogP contribution in [0.15, 0.2) is 138 Å². The third-order valence-corrected chi connectivity index (χ3v) is 12.8. The zero-order chi connectivity index (χ0) is 52.7.